The molecule has 0 aliphatic rings. The molecule has 0 aliphatic heterocycles. The van der Waals surface area contributed by atoms with Crippen molar-refractivity contribution in [2.24, 2.45) is 0 Å². The van der Waals surface area contributed by atoms with Crippen LogP contribution in [0.4, 0.5) is 18.9 Å². The van der Waals surface area contributed by atoms with Gasteiger partial charge in [-0.05, 0) is 17.2 Å². The number of Topliss-reactive ketones (excluding diaryl/α,β-unsaturated/α-hetero) is 1. The highest BCUT2D eigenvalue weighted by Gasteiger charge is 2.44. The molecule has 0 fully saturated rings. The second-order valence-electron chi connectivity index (χ2n) is 9.16. The van der Waals surface area contributed by atoms with Crippen LogP contribution in [0.25, 0.3) is 17.5 Å². The Balaban J connectivity index is 1.62. The van der Waals surface area contributed by atoms with Gasteiger partial charge in [-0.25, -0.2) is 4.98 Å². The van der Waals surface area contributed by atoms with Crippen molar-refractivity contribution >= 4 is 29.4 Å². The number of aromatic nitrogens is 2. The Labute approximate surface area is 238 Å². The van der Waals surface area contributed by atoms with Crippen molar-refractivity contribution in [3.8, 4) is 11.4 Å². The summed E-state index contributed by atoms with van der Waals surface area (Å²) in [6.45, 7) is -0.768. The van der Waals surface area contributed by atoms with Gasteiger partial charge in [-0.3, -0.25) is 23.7 Å². The average Bonchev–Trinajstić information content (AvgIpc) is 2.98. The van der Waals surface area contributed by atoms with Gasteiger partial charge in [0.2, 0.25) is 11.8 Å². The van der Waals surface area contributed by atoms with Crippen molar-refractivity contribution in [3.05, 3.63) is 125 Å². The highest BCUT2D eigenvalue weighted by molar-refractivity contribution is 6.01. The highest BCUT2D eigenvalue weighted by atomic mass is 19.4. The van der Waals surface area contributed by atoms with Crippen LogP contribution in [0.5, 0.6) is 0 Å². The first kappa shape index (κ1) is 29.7. The van der Waals surface area contributed by atoms with Crippen molar-refractivity contribution < 1.29 is 27.6 Å². The quantitative estimate of drug-likeness (QED) is 0.273. The topological polar surface area (TPSA) is 110 Å². The number of alkyl halides is 3. The van der Waals surface area contributed by atoms with E-state index >= 15 is 0 Å². The molecule has 1 aromatic heterocycles. The van der Waals surface area contributed by atoms with Crippen LogP contribution in [0.2, 0.25) is 0 Å². The number of rotatable bonds is 10. The van der Waals surface area contributed by atoms with E-state index in [0.29, 0.717) is 11.1 Å². The monoisotopic (exact) mass is 574 g/mol. The summed E-state index contributed by atoms with van der Waals surface area (Å²) in [6, 6.07) is 23.3. The molecule has 3 aromatic carbocycles. The third-order valence-corrected chi connectivity index (χ3v) is 6.08. The van der Waals surface area contributed by atoms with E-state index in [2.05, 4.69) is 15.6 Å². The summed E-state index contributed by atoms with van der Waals surface area (Å²) in [4.78, 5) is 55.4. The lowest BCUT2D eigenvalue weighted by molar-refractivity contribution is -0.173. The SMILES string of the molecule is O=C(C=Cc1ccccc1)Nc1cnc(-c2ccccc2)n(CC(=O)NC(Cc2ccccc2)C(=O)C(F)(F)F)c1=O. The van der Waals surface area contributed by atoms with Gasteiger partial charge in [-0.1, -0.05) is 91.0 Å². The van der Waals surface area contributed by atoms with E-state index in [1.54, 1.807) is 72.8 Å². The molecule has 214 valence electrons. The zero-order chi connectivity index (χ0) is 30.1. The Morgan fingerprint density at radius 3 is 2.10 bits per heavy atom. The summed E-state index contributed by atoms with van der Waals surface area (Å²) in [5.41, 5.74) is 0.520. The zero-order valence-corrected chi connectivity index (χ0v) is 22.0. The van der Waals surface area contributed by atoms with Crippen molar-refractivity contribution in [1.29, 1.82) is 0 Å². The fourth-order valence-electron chi connectivity index (χ4n) is 4.09. The van der Waals surface area contributed by atoms with Gasteiger partial charge in [0.1, 0.15) is 24.1 Å². The minimum absolute atomic E-state index is 0.0373. The summed E-state index contributed by atoms with van der Waals surface area (Å²) >= 11 is 0. The van der Waals surface area contributed by atoms with E-state index in [0.717, 1.165) is 16.3 Å². The molecule has 0 spiro atoms. The molecule has 0 radical (unpaired) electrons. The molecular formula is C31H25F3N4O4. The lowest BCUT2D eigenvalue weighted by atomic mass is 10.0. The molecule has 11 heteroatoms. The zero-order valence-electron chi connectivity index (χ0n) is 22.0. The summed E-state index contributed by atoms with van der Waals surface area (Å²) in [5.74, 6) is -3.75. The normalized spacial score (nSPS) is 12.1. The largest absolute Gasteiger partial charge is 0.452 e. The van der Waals surface area contributed by atoms with E-state index in [1.165, 1.54) is 24.3 Å². The molecule has 0 aliphatic carbocycles. The van der Waals surface area contributed by atoms with Crippen molar-refractivity contribution in [1.82, 2.24) is 14.9 Å². The maximum absolute atomic E-state index is 13.4. The van der Waals surface area contributed by atoms with Crippen LogP contribution in [0, 0.1) is 0 Å². The Kier molecular flexibility index (Phi) is 9.43. The lowest BCUT2D eigenvalue weighted by Crippen LogP contribution is -2.49. The van der Waals surface area contributed by atoms with E-state index in [4.69, 9.17) is 0 Å². The highest BCUT2D eigenvalue weighted by Crippen LogP contribution is 2.21. The summed E-state index contributed by atoms with van der Waals surface area (Å²) < 4.78 is 41.0. The molecule has 2 N–H and O–H groups in total. The number of halogens is 3. The number of benzene rings is 3. The van der Waals surface area contributed by atoms with Crippen molar-refractivity contribution in [3.63, 3.8) is 0 Å². The maximum Gasteiger partial charge on any atom is 0.452 e. The summed E-state index contributed by atoms with van der Waals surface area (Å²) in [6.07, 6.45) is -1.71. The molecule has 0 bridgehead atoms. The van der Waals surface area contributed by atoms with Crippen LogP contribution in [0.15, 0.2) is 108 Å². The van der Waals surface area contributed by atoms with Crippen LogP contribution in [-0.4, -0.2) is 39.4 Å². The number of hydrogen-bond acceptors (Lipinski definition) is 5. The standard InChI is InChI=1S/C31H25F3N4O4/c32-31(33,34)28(41)24(18-22-12-6-2-7-13-22)36-27(40)20-38-29(23-14-8-3-9-15-23)35-19-25(30(38)42)37-26(39)17-16-21-10-4-1-5-11-21/h1-17,19,24H,18,20H2,(H,36,40)(H,37,39). The Morgan fingerprint density at radius 2 is 1.48 bits per heavy atom. The predicted molar refractivity (Wildman–Crippen MR) is 151 cm³/mol. The van der Waals surface area contributed by atoms with Gasteiger partial charge in [0.25, 0.3) is 11.3 Å². The minimum atomic E-state index is -5.20. The lowest BCUT2D eigenvalue weighted by Gasteiger charge is -2.20. The molecule has 0 saturated carbocycles. The summed E-state index contributed by atoms with van der Waals surface area (Å²) in [7, 11) is 0. The fraction of sp³-hybridized carbons (Fsp3) is 0.129. The molecule has 4 aromatic rings. The number of ketones is 1. The van der Waals surface area contributed by atoms with E-state index in [1.807, 2.05) is 6.07 Å². The van der Waals surface area contributed by atoms with E-state index < -0.39 is 48.3 Å². The minimum Gasteiger partial charge on any atom is -0.344 e. The third kappa shape index (κ3) is 7.87. The Hall–Kier alpha value is -5.32. The molecular weight excluding hydrogens is 549 g/mol. The first-order valence-corrected chi connectivity index (χ1v) is 12.8. The van der Waals surface area contributed by atoms with Gasteiger partial charge in [-0.2, -0.15) is 13.2 Å². The summed E-state index contributed by atoms with van der Waals surface area (Å²) in [5, 5.41) is 4.56. The number of carbonyl (C=O) groups is 3. The molecule has 1 heterocycles. The Morgan fingerprint density at radius 1 is 0.881 bits per heavy atom. The van der Waals surface area contributed by atoms with Gasteiger partial charge in [-0.15, -0.1) is 0 Å². The smallest absolute Gasteiger partial charge is 0.344 e. The first-order valence-electron chi connectivity index (χ1n) is 12.8. The van der Waals surface area contributed by atoms with Crippen molar-refractivity contribution in [2.75, 3.05) is 5.32 Å². The van der Waals surface area contributed by atoms with Crippen LogP contribution in [0.3, 0.4) is 0 Å². The predicted octanol–water partition coefficient (Wildman–Crippen LogP) is 4.42. The van der Waals surface area contributed by atoms with Gasteiger partial charge < -0.3 is 10.6 Å². The number of carbonyl (C=O) groups excluding carboxylic acids is 3. The van der Waals surface area contributed by atoms with Gasteiger partial charge in [0.15, 0.2) is 0 Å². The average molecular weight is 575 g/mol. The molecule has 42 heavy (non-hydrogen) atoms. The second kappa shape index (κ2) is 13.4. The van der Waals surface area contributed by atoms with Gasteiger partial charge >= 0.3 is 6.18 Å². The number of anilines is 1. The van der Waals surface area contributed by atoms with E-state index in [-0.39, 0.29) is 11.5 Å². The number of nitrogens with one attached hydrogen (secondary N) is 2. The number of nitrogens with zero attached hydrogens (tertiary/aromatic N) is 2. The van der Waals surface area contributed by atoms with Crippen LogP contribution >= 0.6 is 0 Å². The maximum atomic E-state index is 13.4. The Bertz CT molecular complexity index is 1640. The van der Waals surface area contributed by atoms with Gasteiger partial charge in [0, 0.05) is 18.1 Å². The van der Waals surface area contributed by atoms with Crippen LogP contribution in [0.1, 0.15) is 11.1 Å². The molecule has 8 nitrogen and oxygen atoms in total. The van der Waals surface area contributed by atoms with E-state index in [9.17, 15) is 32.3 Å². The number of amides is 2. The second-order valence-corrected chi connectivity index (χ2v) is 9.16. The van der Waals surface area contributed by atoms with Gasteiger partial charge in [0.05, 0.1) is 6.20 Å². The van der Waals surface area contributed by atoms with Crippen molar-refractivity contribution in [2.45, 2.75) is 25.2 Å². The van der Waals surface area contributed by atoms with Crippen LogP contribution < -0.4 is 16.2 Å². The van der Waals surface area contributed by atoms with Crippen LogP contribution in [-0.2, 0) is 27.3 Å². The third-order valence-electron chi connectivity index (χ3n) is 6.08. The molecule has 2 amide bonds. The molecule has 1 atom stereocenters. The molecule has 0 saturated heterocycles. The number of hydrogen-bond donors (Lipinski definition) is 2. The first-order chi connectivity index (χ1) is 20.1. The molecule has 1 unspecified atom stereocenters. The fourth-order valence-corrected chi connectivity index (χ4v) is 4.09. The molecule has 4 rings (SSSR count).